The molecule has 0 radical (unpaired) electrons. The normalized spacial score (nSPS) is 21.4. The van der Waals surface area contributed by atoms with Gasteiger partial charge in [0.2, 0.25) is 6.10 Å². The van der Waals surface area contributed by atoms with Gasteiger partial charge in [0.05, 0.1) is 0 Å². The molecule has 2 unspecified atom stereocenters. The lowest BCUT2D eigenvalue weighted by Gasteiger charge is -2.49. The molecule has 3 rings (SSSR count). The van der Waals surface area contributed by atoms with E-state index < -0.39 is 23.1 Å². The Kier molecular flexibility index (Phi) is 5.84. The highest BCUT2D eigenvalue weighted by molar-refractivity contribution is 5.75. The number of allylic oxidation sites excluding steroid dienone is 3. The van der Waals surface area contributed by atoms with Crippen molar-refractivity contribution in [3.8, 4) is 6.01 Å². The highest BCUT2D eigenvalue weighted by atomic mass is 16.6. The third kappa shape index (κ3) is 3.80. The Labute approximate surface area is 170 Å². The maximum Gasteiger partial charge on any atom is 0.348 e. The molecular formula is C23H26N2O4. The molecule has 2 aromatic rings. The number of aliphatic carboxylic acids is 1. The number of rotatable bonds is 7. The number of nitrogens with zero attached hydrogens (tertiary/aromatic N) is 2. The molecule has 0 aliphatic heterocycles. The van der Waals surface area contributed by atoms with E-state index >= 15 is 0 Å². The fourth-order valence-corrected chi connectivity index (χ4v) is 4.09. The Hall–Kier alpha value is -2.99. The number of aromatic nitrogens is 2. The molecule has 152 valence electrons. The Morgan fingerprint density at radius 2 is 1.83 bits per heavy atom. The first-order valence-electron chi connectivity index (χ1n) is 9.49. The van der Waals surface area contributed by atoms with Crippen molar-refractivity contribution < 1.29 is 19.4 Å². The van der Waals surface area contributed by atoms with Crippen molar-refractivity contribution in [2.75, 3.05) is 7.11 Å². The van der Waals surface area contributed by atoms with Gasteiger partial charge in [-0.3, -0.25) is 0 Å². The molecule has 0 fully saturated rings. The van der Waals surface area contributed by atoms with Crippen molar-refractivity contribution in [1.82, 2.24) is 9.97 Å². The van der Waals surface area contributed by atoms with E-state index in [0.717, 1.165) is 0 Å². The van der Waals surface area contributed by atoms with Crippen LogP contribution in [0, 0.1) is 19.3 Å². The van der Waals surface area contributed by atoms with E-state index in [9.17, 15) is 9.90 Å². The van der Waals surface area contributed by atoms with Crippen molar-refractivity contribution in [3.05, 3.63) is 77.7 Å². The minimum Gasteiger partial charge on any atom is -0.478 e. The zero-order valence-electron chi connectivity index (χ0n) is 17.1. The molecular weight excluding hydrogens is 368 g/mol. The van der Waals surface area contributed by atoms with E-state index in [4.69, 9.17) is 9.47 Å². The maximum atomic E-state index is 12.5. The smallest absolute Gasteiger partial charge is 0.348 e. The van der Waals surface area contributed by atoms with Gasteiger partial charge in [0, 0.05) is 23.9 Å². The monoisotopic (exact) mass is 394 g/mol. The number of carboxylic acid groups (broad SMARTS) is 1. The standard InChI is InChI=1S/C23H26N2O4/c1-16-15-17(2)25-21(24-16)29-19(20(26)27)23(28-4,18-11-7-5-8-12-18)22(3)13-9-6-10-14-22/h5-13,15,19H,14H2,1-4H3,(H,26,27)/t19-,22?,23?/m1/s1. The summed E-state index contributed by atoms with van der Waals surface area (Å²) < 4.78 is 12.0. The fourth-order valence-electron chi connectivity index (χ4n) is 4.09. The number of aryl methyl sites for hydroxylation is 2. The van der Waals surface area contributed by atoms with Gasteiger partial charge in [-0.25, -0.2) is 14.8 Å². The second kappa shape index (κ2) is 8.17. The zero-order valence-corrected chi connectivity index (χ0v) is 17.1. The molecule has 1 N–H and O–H groups in total. The molecule has 0 saturated carbocycles. The number of ether oxygens (including phenoxy) is 2. The van der Waals surface area contributed by atoms with E-state index in [0.29, 0.717) is 23.4 Å². The molecule has 6 heteroatoms. The number of carbonyl (C=O) groups is 1. The van der Waals surface area contributed by atoms with Crippen LogP contribution in [0.1, 0.15) is 30.3 Å². The SMILES string of the molecule is COC(c1ccccc1)([C@H](Oc1nc(C)cc(C)n1)C(=O)O)C1(C)C=CC=CC1. The van der Waals surface area contributed by atoms with Crippen LogP contribution in [0.3, 0.4) is 0 Å². The molecule has 0 amide bonds. The largest absolute Gasteiger partial charge is 0.478 e. The van der Waals surface area contributed by atoms with Crippen LogP contribution in [0.25, 0.3) is 0 Å². The molecule has 0 saturated heterocycles. The van der Waals surface area contributed by atoms with Gasteiger partial charge in [0.15, 0.2) is 0 Å². The molecule has 1 heterocycles. The van der Waals surface area contributed by atoms with E-state index in [-0.39, 0.29) is 6.01 Å². The average molecular weight is 394 g/mol. The highest BCUT2D eigenvalue weighted by Gasteiger charge is 2.58. The topological polar surface area (TPSA) is 81.5 Å². The minimum atomic E-state index is -1.38. The Balaban J connectivity index is 2.20. The summed E-state index contributed by atoms with van der Waals surface area (Å²) in [6.07, 6.45) is 7.04. The van der Waals surface area contributed by atoms with Gasteiger partial charge in [-0.05, 0) is 31.9 Å². The lowest BCUT2D eigenvalue weighted by atomic mass is 9.63. The molecule has 1 aromatic carbocycles. The van der Waals surface area contributed by atoms with Gasteiger partial charge in [-0.15, -0.1) is 0 Å². The molecule has 0 spiro atoms. The van der Waals surface area contributed by atoms with Crippen LogP contribution in [0.2, 0.25) is 0 Å². The summed E-state index contributed by atoms with van der Waals surface area (Å²) in [4.78, 5) is 21.1. The van der Waals surface area contributed by atoms with E-state index in [2.05, 4.69) is 9.97 Å². The molecule has 3 atom stereocenters. The first-order valence-corrected chi connectivity index (χ1v) is 9.49. The van der Waals surface area contributed by atoms with Gasteiger partial charge in [-0.2, -0.15) is 0 Å². The van der Waals surface area contributed by atoms with Crippen molar-refractivity contribution in [2.45, 2.75) is 38.9 Å². The Morgan fingerprint density at radius 3 is 2.34 bits per heavy atom. The van der Waals surface area contributed by atoms with Crippen LogP contribution in [0.4, 0.5) is 0 Å². The number of methoxy groups -OCH3 is 1. The van der Waals surface area contributed by atoms with Crippen LogP contribution in [0.15, 0.2) is 60.7 Å². The lowest BCUT2D eigenvalue weighted by Crippen LogP contribution is -2.58. The summed E-state index contributed by atoms with van der Waals surface area (Å²) in [5, 5.41) is 10.2. The minimum absolute atomic E-state index is 0.0196. The van der Waals surface area contributed by atoms with Gasteiger partial charge in [0.25, 0.3) is 0 Å². The summed E-state index contributed by atoms with van der Waals surface area (Å²) in [7, 11) is 1.52. The summed E-state index contributed by atoms with van der Waals surface area (Å²) in [6.45, 7) is 5.60. The quantitative estimate of drug-likeness (QED) is 0.765. The molecule has 1 aromatic heterocycles. The summed E-state index contributed by atoms with van der Waals surface area (Å²) >= 11 is 0. The molecule has 29 heavy (non-hydrogen) atoms. The first kappa shape index (κ1) is 20.7. The third-order valence-corrected chi connectivity index (χ3v) is 5.40. The fraction of sp³-hybridized carbons (Fsp3) is 0.348. The molecule has 1 aliphatic carbocycles. The number of hydrogen-bond acceptors (Lipinski definition) is 5. The van der Waals surface area contributed by atoms with Crippen LogP contribution >= 0.6 is 0 Å². The van der Waals surface area contributed by atoms with Crippen molar-refractivity contribution in [3.63, 3.8) is 0 Å². The maximum absolute atomic E-state index is 12.5. The summed E-state index contributed by atoms with van der Waals surface area (Å²) in [5.41, 5.74) is 0.112. The van der Waals surface area contributed by atoms with Gasteiger partial charge >= 0.3 is 12.0 Å². The van der Waals surface area contributed by atoms with Crippen LogP contribution in [0.5, 0.6) is 6.01 Å². The molecule has 6 nitrogen and oxygen atoms in total. The Morgan fingerprint density at radius 1 is 1.17 bits per heavy atom. The predicted molar refractivity (Wildman–Crippen MR) is 110 cm³/mol. The summed E-state index contributed by atoms with van der Waals surface area (Å²) in [6, 6.07) is 11.2. The predicted octanol–water partition coefficient (Wildman–Crippen LogP) is 3.99. The Bertz CT molecular complexity index is 921. The van der Waals surface area contributed by atoms with Crippen LogP contribution < -0.4 is 4.74 Å². The summed E-state index contributed by atoms with van der Waals surface area (Å²) in [5.74, 6) is -1.15. The van der Waals surface area contributed by atoms with Crippen molar-refractivity contribution in [1.29, 1.82) is 0 Å². The number of benzene rings is 1. The molecule has 0 bridgehead atoms. The highest BCUT2D eigenvalue weighted by Crippen LogP contribution is 2.51. The van der Waals surface area contributed by atoms with Crippen molar-refractivity contribution in [2.24, 2.45) is 5.41 Å². The second-order valence-electron chi connectivity index (χ2n) is 7.48. The van der Waals surface area contributed by atoms with E-state index in [1.165, 1.54) is 7.11 Å². The average Bonchev–Trinajstić information content (AvgIpc) is 2.68. The third-order valence-electron chi connectivity index (χ3n) is 5.40. The number of carboxylic acids is 1. The van der Waals surface area contributed by atoms with Crippen LogP contribution in [-0.2, 0) is 15.1 Å². The van der Waals surface area contributed by atoms with Gasteiger partial charge in [0.1, 0.15) is 5.60 Å². The van der Waals surface area contributed by atoms with Crippen molar-refractivity contribution >= 4 is 5.97 Å². The van der Waals surface area contributed by atoms with Crippen LogP contribution in [-0.4, -0.2) is 34.3 Å². The molecule has 1 aliphatic rings. The number of hydrogen-bond donors (Lipinski definition) is 1. The van der Waals surface area contributed by atoms with Gasteiger partial charge < -0.3 is 14.6 Å². The van der Waals surface area contributed by atoms with E-state index in [1.54, 1.807) is 6.07 Å². The second-order valence-corrected chi connectivity index (χ2v) is 7.48. The van der Waals surface area contributed by atoms with E-state index in [1.807, 2.05) is 75.4 Å². The first-order chi connectivity index (χ1) is 13.8. The van der Waals surface area contributed by atoms with Gasteiger partial charge in [-0.1, -0.05) is 61.6 Å². The lowest BCUT2D eigenvalue weighted by molar-refractivity contribution is -0.187. The zero-order chi connectivity index (χ0) is 21.1.